The minimum Gasteiger partial charge on any atom is -0.394 e. The highest BCUT2D eigenvalue weighted by Gasteiger charge is 2.26. The minimum absolute atomic E-state index is 0.108. The summed E-state index contributed by atoms with van der Waals surface area (Å²) >= 11 is 1.62. The molecule has 2 rings (SSSR count). The number of aromatic nitrogens is 2. The molecule has 0 aliphatic heterocycles. The van der Waals surface area contributed by atoms with E-state index in [0.29, 0.717) is 0 Å². The molecule has 0 saturated carbocycles. The molecule has 0 fully saturated rings. The topological polar surface area (TPSA) is 58.0 Å². The molecule has 0 unspecified atom stereocenters. The van der Waals surface area contributed by atoms with Gasteiger partial charge in [0, 0.05) is 0 Å². The first-order valence-corrected chi connectivity index (χ1v) is 6.70. The van der Waals surface area contributed by atoms with Crippen molar-refractivity contribution in [1.29, 1.82) is 0 Å². The van der Waals surface area contributed by atoms with E-state index in [1.54, 1.807) is 17.7 Å². The third-order valence-electron chi connectivity index (χ3n) is 3.28. The lowest BCUT2D eigenvalue weighted by molar-refractivity contribution is 0.202. The van der Waals surface area contributed by atoms with Crippen LogP contribution in [0.15, 0.2) is 17.8 Å². The van der Waals surface area contributed by atoms with Crippen LogP contribution in [0.2, 0.25) is 0 Å². The van der Waals surface area contributed by atoms with Crippen molar-refractivity contribution in [3.05, 3.63) is 17.8 Å². The van der Waals surface area contributed by atoms with Crippen molar-refractivity contribution in [2.45, 2.75) is 32.2 Å². The van der Waals surface area contributed by atoms with Crippen molar-refractivity contribution in [1.82, 2.24) is 9.97 Å². The van der Waals surface area contributed by atoms with Gasteiger partial charge in [-0.2, -0.15) is 0 Å². The molecule has 2 aromatic heterocycles. The number of hydrogen-bond acceptors (Lipinski definition) is 5. The summed E-state index contributed by atoms with van der Waals surface area (Å²) in [7, 11) is 0. The second kappa shape index (κ2) is 4.98. The Morgan fingerprint density at radius 1 is 1.35 bits per heavy atom. The first kappa shape index (κ1) is 12.3. The molecule has 2 aromatic rings. The van der Waals surface area contributed by atoms with E-state index in [1.807, 2.05) is 11.4 Å². The van der Waals surface area contributed by atoms with Crippen LogP contribution >= 0.6 is 11.3 Å². The molecule has 4 nitrogen and oxygen atoms in total. The predicted molar refractivity (Wildman–Crippen MR) is 71.4 cm³/mol. The molecule has 17 heavy (non-hydrogen) atoms. The summed E-state index contributed by atoms with van der Waals surface area (Å²) in [4.78, 5) is 8.49. The van der Waals surface area contributed by atoms with Crippen molar-refractivity contribution in [3.8, 4) is 0 Å². The van der Waals surface area contributed by atoms with Crippen molar-refractivity contribution < 1.29 is 5.11 Å². The number of nitrogens with one attached hydrogen (secondary N) is 1. The fourth-order valence-corrected chi connectivity index (χ4v) is 2.61. The highest BCUT2D eigenvalue weighted by molar-refractivity contribution is 7.17. The second-order valence-electron chi connectivity index (χ2n) is 4.13. The normalized spacial score (nSPS) is 11.9. The Morgan fingerprint density at radius 3 is 2.76 bits per heavy atom. The number of hydrogen-bond donors (Lipinski definition) is 2. The van der Waals surface area contributed by atoms with Crippen LogP contribution in [0, 0.1) is 0 Å². The maximum atomic E-state index is 9.56. The molecule has 0 atom stereocenters. The van der Waals surface area contributed by atoms with E-state index in [1.165, 1.54) is 0 Å². The van der Waals surface area contributed by atoms with E-state index in [4.69, 9.17) is 0 Å². The first-order valence-electron chi connectivity index (χ1n) is 5.82. The highest BCUT2D eigenvalue weighted by atomic mass is 32.1. The molecule has 0 aromatic carbocycles. The van der Waals surface area contributed by atoms with E-state index in [0.717, 1.165) is 28.9 Å². The van der Waals surface area contributed by atoms with Gasteiger partial charge >= 0.3 is 0 Å². The van der Waals surface area contributed by atoms with Gasteiger partial charge in [-0.05, 0) is 24.3 Å². The van der Waals surface area contributed by atoms with Crippen LogP contribution in [-0.2, 0) is 0 Å². The Kier molecular flexibility index (Phi) is 3.59. The van der Waals surface area contributed by atoms with Crippen molar-refractivity contribution >= 4 is 27.4 Å². The number of fused-ring (bicyclic) bond motifs is 1. The van der Waals surface area contributed by atoms with E-state index in [2.05, 4.69) is 29.1 Å². The molecule has 5 heteroatoms. The maximum Gasteiger partial charge on any atom is 0.147 e. The van der Waals surface area contributed by atoms with E-state index in [-0.39, 0.29) is 12.1 Å². The monoisotopic (exact) mass is 251 g/mol. The molecular weight excluding hydrogens is 234 g/mol. The molecule has 0 bridgehead atoms. The van der Waals surface area contributed by atoms with Crippen LogP contribution in [0.5, 0.6) is 0 Å². The standard InChI is InChI=1S/C12H17N3OS/c1-3-12(4-2,7-16)15-11-10-9(5-6-17-10)13-8-14-11/h5-6,8,16H,3-4,7H2,1-2H3,(H,13,14,15). The maximum absolute atomic E-state index is 9.56. The van der Waals surface area contributed by atoms with Gasteiger partial charge in [0.2, 0.25) is 0 Å². The van der Waals surface area contributed by atoms with Crippen LogP contribution in [0.25, 0.3) is 10.2 Å². The summed E-state index contributed by atoms with van der Waals surface area (Å²) in [5.74, 6) is 0.822. The first-order chi connectivity index (χ1) is 8.24. The molecule has 0 amide bonds. The molecule has 0 saturated heterocycles. The SMILES string of the molecule is CCC(CC)(CO)Nc1ncnc2ccsc12. The number of rotatable bonds is 5. The Labute approximate surface area is 105 Å². The number of nitrogens with zero attached hydrogens (tertiary/aromatic N) is 2. The summed E-state index contributed by atoms with van der Waals surface area (Å²) in [6.45, 7) is 4.25. The largest absolute Gasteiger partial charge is 0.394 e. The van der Waals surface area contributed by atoms with Crippen molar-refractivity contribution in [3.63, 3.8) is 0 Å². The molecule has 0 aliphatic rings. The smallest absolute Gasteiger partial charge is 0.147 e. The molecule has 0 spiro atoms. The van der Waals surface area contributed by atoms with Crippen molar-refractivity contribution in [2.24, 2.45) is 0 Å². The van der Waals surface area contributed by atoms with Crippen LogP contribution in [0.3, 0.4) is 0 Å². The molecule has 92 valence electrons. The summed E-state index contributed by atoms with van der Waals surface area (Å²) in [6.07, 6.45) is 3.28. The zero-order valence-corrected chi connectivity index (χ0v) is 10.9. The van der Waals surface area contributed by atoms with Gasteiger partial charge in [-0.25, -0.2) is 9.97 Å². The average Bonchev–Trinajstić information content (AvgIpc) is 2.85. The Balaban J connectivity index is 2.37. The van der Waals surface area contributed by atoms with E-state index in [9.17, 15) is 5.11 Å². The third-order valence-corrected chi connectivity index (χ3v) is 4.19. The van der Waals surface area contributed by atoms with Crippen molar-refractivity contribution in [2.75, 3.05) is 11.9 Å². The average molecular weight is 251 g/mol. The van der Waals surface area contributed by atoms with Gasteiger partial charge in [-0.15, -0.1) is 11.3 Å². The van der Waals surface area contributed by atoms with Gasteiger partial charge in [-0.3, -0.25) is 0 Å². The summed E-state index contributed by atoms with van der Waals surface area (Å²) in [5.41, 5.74) is 0.664. The van der Waals surface area contributed by atoms with Gasteiger partial charge in [0.15, 0.2) is 0 Å². The Morgan fingerprint density at radius 2 is 2.12 bits per heavy atom. The number of thiophene rings is 1. The fourth-order valence-electron chi connectivity index (χ4n) is 1.82. The lowest BCUT2D eigenvalue weighted by atomic mass is 9.94. The fraction of sp³-hybridized carbons (Fsp3) is 0.500. The lowest BCUT2D eigenvalue weighted by Crippen LogP contribution is -2.41. The molecule has 2 N–H and O–H groups in total. The number of anilines is 1. The van der Waals surface area contributed by atoms with Gasteiger partial charge < -0.3 is 10.4 Å². The van der Waals surface area contributed by atoms with Gasteiger partial charge in [0.05, 0.1) is 22.4 Å². The van der Waals surface area contributed by atoms with Crippen LogP contribution in [0.1, 0.15) is 26.7 Å². The second-order valence-corrected chi connectivity index (χ2v) is 5.04. The number of aliphatic hydroxyl groups is 1. The molecule has 0 aliphatic carbocycles. The van der Waals surface area contributed by atoms with E-state index < -0.39 is 0 Å². The van der Waals surface area contributed by atoms with Gasteiger partial charge in [0.1, 0.15) is 12.1 Å². The highest BCUT2D eigenvalue weighted by Crippen LogP contribution is 2.29. The van der Waals surface area contributed by atoms with E-state index >= 15 is 0 Å². The molecular formula is C12H17N3OS. The summed E-state index contributed by atoms with van der Waals surface area (Å²) < 4.78 is 1.05. The predicted octanol–water partition coefficient (Wildman–Crippen LogP) is 2.65. The van der Waals surface area contributed by atoms with Gasteiger partial charge in [-0.1, -0.05) is 13.8 Å². The van der Waals surface area contributed by atoms with Crippen LogP contribution in [0.4, 0.5) is 5.82 Å². The summed E-state index contributed by atoms with van der Waals surface area (Å²) in [5, 5.41) is 14.9. The zero-order chi connectivity index (χ0) is 12.3. The summed E-state index contributed by atoms with van der Waals surface area (Å²) in [6, 6.07) is 1.98. The molecule has 2 heterocycles. The third kappa shape index (κ3) is 2.25. The van der Waals surface area contributed by atoms with Crippen LogP contribution < -0.4 is 5.32 Å². The van der Waals surface area contributed by atoms with Gasteiger partial charge in [0.25, 0.3) is 0 Å². The molecule has 0 radical (unpaired) electrons. The zero-order valence-electron chi connectivity index (χ0n) is 10.1. The number of aliphatic hydroxyl groups excluding tert-OH is 1. The quantitative estimate of drug-likeness (QED) is 0.857. The Bertz CT molecular complexity index is 485. The minimum atomic E-state index is -0.286. The van der Waals surface area contributed by atoms with Crippen LogP contribution in [-0.4, -0.2) is 27.2 Å². The lowest BCUT2D eigenvalue weighted by Gasteiger charge is -2.31. The Hall–Kier alpha value is -1.20.